The molecule has 0 aliphatic carbocycles. The van der Waals surface area contributed by atoms with Crippen molar-refractivity contribution < 1.29 is 13.9 Å². The van der Waals surface area contributed by atoms with Crippen LogP contribution in [0.25, 0.3) is 0 Å². The Labute approximate surface area is 171 Å². The molecule has 6 heteroatoms. The topological polar surface area (TPSA) is 64.3 Å². The smallest absolute Gasteiger partial charge is 0.218 e. The van der Waals surface area contributed by atoms with E-state index in [9.17, 15) is 4.79 Å². The van der Waals surface area contributed by atoms with Gasteiger partial charge in [-0.3, -0.25) is 4.79 Å². The molecular weight excluding hydrogens is 379 g/mol. The Kier molecular flexibility index (Phi) is 8.27. The molecule has 2 aromatic carbocycles. The highest BCUT2D eigenvalue weighted by atomic mass is 35.5. The molecule has 0 aliphatic heterocycles. The summed E-state index contributed by atoms with van der Waals surface area (Å²) < 4.78 is 21.1. The summed E-state index contributed by atoms with van der Waals surface area (Å²) in [4.78, 5) is 11.4. The molecule has 2 atom stereocenters. The first-order valence-electron chi connectivity index (χ1n) is 9.58. The Balaban J connectivity index is 2.35. The first-order valence-corrected chi connectivity index (χ1v) is 9.96. The van der Waals surface area contributed by atoms with Crippen LogP contribution in [0.1, 0.15) is 51.6 Å². The van der Waals surface area contributed by atoms with Gasteiger partial charge in [0, 0.05) is 24.1 Å². The van der Waals surface area contributed by atoms with Crippen LogP contribution < -0.4 is 15.8 Å². The van der Waals surface area contributed by atoms with Crippen LogP contribution in [0.15, 0.2) is 42.5 Å². The molecule has 2 aromatic rings. The molecule has 0 saturated carbocycles. The summed E-state index contributed by atoms with van der Waals surface area (Å²) in [6, 6.07) is 11.8. The predicted octanol–water partition coefficient (Wildman–Crippen LogP) is 5.60. The van der Waals surface area contributed by atoms with Crippen molar-refractivity contribution in [3.63, 3.8) is 0 Å². The Bertz CT molecular complexity index is 784. The number of halogens is 2. The molecule has 0 unspecified atom stereocenters. The molecular formula is C22H28ClFN2O2. The lowest BCUT2D eigenvalue weighted by atomic mass is 9.95. The van der Waals surface area contributed by atoms with E-state index in [1.54, 1.807) is 24.3 Å². The lowest BCUT2D eigenvalue weighted by Crippen LogP contribution is -2.40. The Morgan fingerprint density at radius 1 is 1.21 bits per heavy atom. The van der Waals surface area contributed by atoms with Crippen molar-refractivity contribution in [3.05, 3.63) is 58.9 Å². The summed E-state index contributed by atoms with van der Waals surface area (Å²) in [5.41, 5.74) is 5.85. The van der Waals surface area contributed by atoms with Gasteiger partial charge in [-0.2, -0.15) is 0 Å². The van der Waals surface area contributed by atoms with E-state index in [1.807, 2.05) is 39.0 Å². The molecule has 2 rings (SSSR count). The summed E-state index contributed by atoms with van der Waals surface area (Å²) >= 11 is 6.21. The summed E-state index contributed by atoms with van der Waals surface area (Å²) in [6.45, 7) is 6.04. The van der Waals surface area contributed by atoms with Gasteiger partial charge in [-0.05, 0) is 30.5 Å². The number of carbonyl (C=O) groups excluding carboxylic acids is 1. The minimum Gasteiger partial charge on any atom is -0.453 e. The molecule has 3 N–H and O–H groups in total. The minimum absolute atomic E-state index is 0.00395. The van der Waals surface area contributed by atoms with E-state index in [1.165, 1.54) is 0 Å². The number of ether oxygens (including phenoxy) is 1. The number of primary amides is 1. The minimum atomic E-state index is -0.496. The average molecular weight is 407 g/mol. The average Bonchev–Trinajstić information content (AvgIpc) is 2.64. The normalized spacial score (nSPS) is 13.4. The predicted molar refractivity (Wildman–Crippen MR) is 111 cm³/mol. The van der Waals surface area contributed by atoms with E-state index >= 15 is 4.39 Å². The second-order valence-electron chi connectivity index (χ2n) is 7.22. The van der Waals surface area contributed by atoms with Crippen LogP contribution in [0.4, 0.5) is 4.39 Å². The van der Waals surface area contributed by atoms with E-state index in [4.69, 9.17) is 22.1 Å². The third kappa shape index (κ3) is 5.94. The number of hydrogen-bond donors (Lipinski definition) is 2. The summed E-state index contributed by atoms with van der Waals surface area (Å²) in [7, 11) is 0. The van der Waals surface area contributed by atoms with E-state index < -0.39 is 5.82 Å². The molecule has 0 aliphatic rings. The lowest BCUT2D eigenvalue weighted by Gasteiger charge is -2.28. The van der Waals surface area contributed by atoms with Gasteiger partial charge in [0.2, 0.25) is 5.91 Å². The molecule has 0 fully saturated rings. The Morgan fingerprint density at radius 3 is 2.46 bits per heavy atom. The van der Waals surface area contributed by atoms with Crippen LogP contribution in [-0.2, 0) is 4.79 Å². The van der Waals surface area contributed by atoms with Crippen LogP contribution in [0.3, 0.4) is 0 Å². The molecule has 0 radical (unpaired) electrons. The Morgan fingerprint density at radius 2 is 1.89 bits per heavy atom. The number of benzene rings is 2. The van der Waals surface area contributed by atoms with Gasteiger partial charge in [-0.25, -0.2) is 4.39 Å². The van der Waals surface area contributed by atoms with E-state index in [0.29, 0.717) is 17.7 Å². The SMILES string of the molecule is CCC[C@@H](N[C@@H](CC(N)=O)C(C)C)c1ccc(Cl)c(Oc2ccccc2)c1F. The maximum Gasteiger partial charge on any atom is 0.218 e. The van der Waals surface area contributed by atoms with Crippen LogP contribution >= 0.6 is 11.6 Å². The fourth-order valence-corrected chi connectivity index (χ4v) is 3.28. The van der Waals surface area contributed by atoms with Gasteiger partial charge < -0.3 is 15.8 Å². The van der Waals surface area contributed by atoms with Gasteiger partial charge in [-0.15, -0.1) is 0 Å². The Hall–Kier alpha value is -2.11. The fraction of sp³-hybridized carbons (Fsp3) is 0.409. The number of amides is 1. The number of rotatable bonds is 10. The molecule has 0 spiro atoms. The zero-order chi connectivity index (χ0) is 20.7. The molecule has 28 heavy (non-hydrogen) atoms. The number of hydrogen-bond acceptors (Lipinski definition) is 3. The maximum atomic E-state index is 15.4. The monoisotopic (exact) mass is 406 g/mol. The first kappa shape index (κ1) is 22.2. The van der Waals surface area contributed by atoms with Crippen molar-refractivity contribution in [2.45, 2.75) is 52.1 Å². The highest BCUT2D eigenvalue weighted by molar-refractivity contribution is 6.32. The second-order valence-corrected chi connectivity index (χ2v) is 7.63. The third-order valence-electron chi connectivity index (χ3n) is 4.64. The van der Waals surface area contributed by atoms with Gasteiger partial charge in [-0.1, -0.05) is 63.1 Å². The van der Waals surface area contributed by atoms with Gasteiger partial charge in [0.15, 0.2) is 11.6 Å². The fourth-order valence-electron chi connectivity index (χ4n) is 3.10. The highest BCUT2D eigenvalue weighted by Gasteiger charge is 2.25. The molecule has 4 nitrogen and oxygen atoms in total. The van der Waals surface area contributed by atoms with Gasteiger partial charge in [0.05, 0.1) is 5.02 Å². The van der Waals surface area contributed by atoms with Crippen LogP contribution in [0.2, 0.25) is 5.02 Å². The highest BCUT2D eigenvalue weighted by Crippen LogP contribution is 2.37. The summed E-state index contributed by atoms with van der Waals surface area (Å²) in [5, 5.41) is 3.62. The zero-order valence-electron chi connectivity index (χ0n) is 16.5. The maximum absolute atomic E-state index is 15.4. The molecule has 152 valence electrons. The van der Waals surface area contributed by atoms with Crippen molar-refractivity contribution in [3.8, 4) is 11.5 Å². The number of para-hydroxylation sites is 1. The van der Waals surface area contributed by atoms with Crippen molar-refractivity contribution >= 4 is 17.5 Å². The van der Waals surface area contributed by atoms with Gasteiger partial charge in [0.1, 0.15) is 5.75 Å². The van der Waals surface area contributed by atoms with E-state index in [0.717, 1.165) is 6.42 Å². The van der Waals surface area contributed by atoms with Gasteiger partial charge >= 0.3 is 0 Å². The molecule has 0 bridgehead atoms. The van der Waals surface area contributed by atoms with Crippen molar-refractivity contribution in [1.29, 1.82) is 0 Å². The van der Waals surface area contributed by atoms with Crippen LogP contribution in [-0.4, -0.2) is 11.9 Å². The molecule has 0 heterocycles. The zero-order valence-corrected chi connectivity index (χ0v) is 17.3. The van der Waals surface area contributed by atoms with Crippen LogP contribution in [0.5, 0.6) is 11.5 Å². The van der Waals surface area contributed by atoms with Crippen LogP contribution in [0, 0.1) is 11.7 Å². The third-order valence-corrected chi connectivity index (χ3v) is 4.93. The van der Waals surface area contributed by atoms with Crippen molar-refractivity contribution in [2.75, 3.05) is 0 Å². The number of nitrogens with two attached hydrogens (primary N) is 1. The molecule has 0 aromatic heterocycles. The summed E-state index contributed by atoms with van der Waals surface area (Å²) in [6.07, 6.45) is 1.74. The molecule has 0 saturated heterocycles. The quantitative estimate of drug-likeness (QED) is 0.539. The largest absolute Gasteiger partial charge is 0.453 e. The van der Waals surface area contributed by atoms with Crippen molar-refractivity contribution in [1.82, 2.24) is 5.32 Å². The standard InChI is InChI=1S/C22H28ClFN2O2/c1-4-8-18(26-19(14(2)3)13-20(25)27)16-11-12-17(23)22(21(16)24)28-15-9-6-5-7-10-15/h5-7,9-12,14,18-19,26H,4,8,13H2,1-3H3,(H2,25,27)/t18-,19+/m1/s1. The number of carbonyl (C=O) groups is 1. The van der Waals surface area contributed by atoms with E-state index in [2.05, 4.69) is 5.32 Å². The van der Waals surface area contributed by atoms with Gasteiger partial charge in [0.25, 0.3) is 0 Å². The second kappa shape index (κ2) is 10.4. The van der Waals surface area contributed by atoms with E-state index in [-0.39, 0.29) is 41.1 Å². The summed E-state index contributed by atoms with van der Waals surface area (Å²) in [5.74, 6) is -0.198. The number of nitrogens with one attached hydrogen (secondary N) is 1. The lowest BCUT2D eigenvalue weighted by molar-refractivity contribution is -0.118. The molecule has 1 amide bonds. The first-order chi connectivity index (χ1) is 13.3. The van der Waals surface area contributed by atoms with Crippen molar-refractivity contribution in [2.24, 2.45) is 11.7 Å².